The van der Waals surface area contributed by atoms with Gasteiger partial charge >= 0.3 is 5.97 Å². The molecule has 1 aromatic rings. The fourth-order valence-corrected chi connectivity index (χ4v) is 1.91. The summed E-state index contributed by atoms with van der Waals surface area (Å²) in [6.07, 6.45) is 1.33. The fourth-order valence-electron chi connectivity index (χ4n) is 1.91. The maximum absolute atomic E-state index is 13.0. The third-order valence-corrected chi connectivity index (χ3v) is 2.87. The van der Waals surface area contributed by atoms with Gasteiger partial charge in [0.05, 0.1) is 6.42 Å². The second kappa shape index (κ2) is 3.22. The van der Waals surface area contributed by atoms with Crippen LogP contribution in [0.25, 0.3) is 0 Å². The van der Waals surface area contributed by atoms with Crippen molar-refractivity contribution in [3.05, 3.63) is 29.6 Å². The van der Waals surface area contributed by atoms with Crippen molar-refractivity contribution in [1.82, 2.24) is 0 Å². The first-order valence-electron chi connectivity index (χ1n) is 4.74. The summed E-state index contributed by atoms with van der Waals surface area (Å²) < 4.78 is 13.0. The monoisotopic (exact) mass is 210 g/mol. The molecule has 0 aromatic heterocycles. The van der Waals surface area contributed by atoms with Crippen LogP contribution in [0.1, 0.15) is 24.8 Å². The summed E-state index contributed by atoms with van der Waals surface area (Å²) in [6, 6.07) is 3.66. The molecule has 0 aliphatic heterocycles. The van der Waals surface area contributed by atoms with Crippen molar-refractivity contribution in [3.8, 4) is 5.75 Å². The molecule has 0 radical (unpaired) electrons. The van der Waals surface area contributed by atoms with Gasteiger partial charge in [0, 0.05) is 11.0 Å². The van der Waals surface area contributed by atoms with E-state index in [1.807, 2.05) is 0 Å². The van der Waals surface area contributed by atoms with Gasteiger partial charge in [-0.2, -0.15) is 0 Å². The van der Waals surface area contributed by atoms with Crippen LogP contribution in [0.15, 0.2) is 18.2 Å². The second-order valence-electron chi connectivity index (χ2n) is 4.01. The number of carboxylic acid groups (broad SMARTS) is 1. The molecule has 0 saturated heterocycles. The van der Waals surface area contributed by atoms with Crippen LogP contribution in [0.3, 0.4) is 0 Å². The zero-order valence-electron chi connectivity index (χ0n) is 8.03. The maximum atomic E-state index is 13.0. The van der Waals surface area contributed by atoms with Crippen LogP contribution in [0, 0.1) is 5.82 Å². The van der Waals surface area contributed by atoms with E-state index >= 15 is 0 Å². The molecule has 15 heavy (non-hydrogen) atoms. The molecule has 3 nitrogen and oxygen atoms in total. The molecule has 1 fully saturated rings. The van der Waals surface area contributed by atoms with Crippen molar-refractivity contribution in [1.29, 1.82) is 0 Å². The molecule has 1 aliphatic rings. The Balaban J connectivity index is 2.36. The predicted molar refractivity (Wildman–Crippen MR) is 51.2 cm³/mol. The SMILES string of the molecule is O=C(O)CC1(c2cc(F)ccc2O)CC1. The highest BCUT2D eigenvalue weighted by Crippen LogP contribution is 2.53. The zero-order chi connectivity index (χ0) is 11.1. The minimum atomic E-state index is -0.920. The average Bonchev–Trinajstić information content (AvgIpc) is 2.89. The molecule has 0 spiro atoms. The minimum absolute atomic E-state index is 0.0184. The second-order valence-corrected chi connectivity index (χ2v) is 4.01. The van der Waals surface area contributed by atoms with Crippen molar-refractivity contribution >= 4 is 5.97 Å². The van der Waals surface area contributed by atoms with E-state index < -0.39 is 17.2 Å². The zero-order valence-corrected chi connectivity index (χ0v) is 8.03. The molecule has 2 N–H and O–H groups in total. The summed E-state index contributed by atoms with van der Waals surface area (Å²) >= 11 is 0. The molecule has 0 unspecified atom stereocenters. The van der Waals surface area contributed by atoms with Crippen LogP contribution in [-0.4, -0.2) is 16.2 Å². The lowest BCUT2D eigenvalue weighted by Crippen LogP contribution is -2.13. The van der Waals surface area contributed by atoms with Crippen LogP contribution >= 0.6 is 0 Å². The number of phenols is 1. The van der Waals surface area contributed by atoms with Crippen molar-refractivity contribution in [2.45, 2.75) is 24.7 Å². The topological polar surface area (TPSA) is 57.5 Å². The normalized spacial score (nSPS) is 17.4. The van der Waals surface area contributed by atoms with Crippen molar-refractivity contribution < 1.29 is 19.4 Å². The Morgan fingerprint density at radius 3 is 2.67 bits per heavy atom. The smallest absolute Gasteiger partial charge is 0.304 e. The van der Waals surface area contributed by atoms with Gasteiger partial charge in [0.25, 0.3) is 0 Å². The van der Waals surface area contributed by atoms with E-state index in [1.165, 1.54) is 12.1 Å². The first kappa shape index (κ1) is 9.96. The van der Waals surface area contributed by atoms with Crippen LogP contribution in [0.2, 0.25) is 0 Å². The summed E-state index contributed by atoms with van der Waals surface area (Å²) in [5.74, 6) is -1.38. The predicted octanol–water partition coefficient (Wildman–Crippen LogP) is 2.04. The number of carbonyl (C=O) groups is 1. The molecule has 1 aromatic carbocycles. The van der Waals surface area contributed by atoms with Gasteiger partial charge < -0.3 is 10.2 Å². The number of carboxylic acids is 1. The van der Waals surface area contributed by atoms with E-state index in [1.54, 1.807) is 0 Å². The number of aliphatic carboxylic acids is 1. The number of halogens is 1. The summed E-state index contributed by atoms with van der Waals surface area (Å²) in [5, 5.41) is 18.3. The standard InChI is InChI=1S/C11H11FO3/c12-7-1-2-9(13)8(5-7)11(3-4-11)6-10(14)15/h1-2,5,13H,3-4,6H2,(H,14,15). The Morgan fingerprint density at radius 1 is 1.47 bits per heavy atom. The van der Waals surface area contributed by atoms with Gasteiger partial charge in [-0.05, 0) is 31.0 Å². The van der Waals surface area contributed by atoms with E-state index in [-0.39, 0.29) is 12.2 Å². The van der Waals surface area contributed by atoms with E-state index in [9.17, 15) is 14.3 Å². The number of hydrogen-bond donors (Lipinski definition) is 2. The van der Waals surface area contributed by atoms with Gasteiger partial charge in [-0.1, -0.05) is 0 Å². The highest BCUT2D eigenvalue weighted by molar-refractivity contribution is 5.70. The lowest BCUT2D eigenvalue weighted by molar-refractivity contribution is -0.137. The number of rotatable bonds is 3. The van der Waals surface area contributed by atoms with Crippen molar-refractivity contribution in [3.63, 3.8) is 0 Å². The average molecular weight is 210 g/mol. The van der Waals surface area contributed by atoms with Gasteiger partial charge in [0.1, 0.15) is 11.6 Å². The highest BCUT2D eigenvalue weighted by Gasteiger charge is 2.47. The number of phenolic OH excluding ortho intramolecular Hbond substituents is 1. The molecule has 0 heterocycles. The van der Waals surface area contributed by atoms with Crippen LogP contribution in [0.4, 0.5) is 4.39 Å². The molecule has 0 amide bonds. The largest absolute Gasteiger partial charge is 0.508 e. The van der Waals surface area contributed by atoms with E-state index in [2.05, 4.69) is 0 Å². The Labute approximate surface area is 86.2 Å². The molecule has 0 bridgehead atoms. The first-order chi connectivity index (χ1) is 7.03. The van der Waals surface area contributed by atoms with Gasteiger partial charge in [-0.25, -0.2) is 4.39 Å². The molecule has 0 atom stereocenters. The molecular formula is C11H11FO3. The fraction of sp³-hybridized carbons (Fsp3) is 0.364. The minimum Gasteiger partial charge on any atom is -0.508 e. The number of hydrogen-bond acceptors (Lipinski definition) is 2. The summed E-state index contributed by atoms with van der Waals surface area (Å²) in [7, 11) is 0. The van der Waals surface area contributed by atoms with E-state index in [0.717, 1.165) is 6.07 Å². The number of benzene rings is 1. The third kappa shape index (κ3) is 1.79. The Hall–Kier alpha value is -1.58. The quantitative estimate of drug-likeness (QED) is 0.802. The third-order valence-electron chi connectivity index (χ3n) is 2.87. The van der Waals surface area contributed by atoms with Gasteiger partial charge in [0.2, 0.25) is 0 Å². The summed E-state index contributed by atoms with van der Waals surface area (Å²) in [6.45, 7) is 0. The van der Waals surface area contributed by atoms with Gasteiger partial charge in [-0.3, -0.25) is 4.79 Å². The van der Waals surface area contributed by atoms with Crippen LogP contribution < -0.4 is 0 Å². The lowest BCUT2D eigenvalue weighted by Gasteiger charge is -2.14. The van der Waals surface area contributed by atoms with Crippen LogP contribution in [-0.2, 0) is 10.2 Å². The summed E-state index contributed by atoms with van der Waals surface area (Å²) in [4.78, 5) is 10.6. The first-order valence-corrected chi connectivity index (χ1v) is 4.74. The Kier molecular flexibility index (Phi) is 2.14. The molecular weight excluding hydrogens is 199 g/mol. The molecule has 1 aliphatic carbocycles. The molecule has 2 rings (SSSR count). The summed E-state index contributed by atoms with van der Waals surface area (Å²) in [5.41, 5.74) is -0.122. The van der Waals surface area contributed by atoms with E-state index in [4.69, 9.17) is 5.11 Å². The van der Waals surface area contributed by atoms with Gasteiger partial charge in [0.15, 0.2) is 0 Å². The van der Waals surface area contributed by atoms with E-state index in [0.29, 0.717) is 18.4 Å². The Morgan fingerprint density at radius 2 is 2.13 bits per heavy atom. The van der Waals surface area contributed by atoms with Crippen molar-refractivity contribution in [2.75, 3.05) is 0 Å². The van der Waals surface area contributed by atoms with Crippen molar-refractivity contribution in [2.24, 2.45) is 0 Å². The highest BCUT2D eigenvalue weighted by atomic mass is 19.1. The molecule has 80 valence electrons. The maximum Gasteiger partial charge on any atom is 0.304 e. The van der Waals surface area contributed by atoms with Gasteiger partial charge in [-0.15, -0.1) is 0 Å². The lowest BCUT2D eigenvalue weighted by atomic mass is 9.91. The molecule has 1 saturated carbocycles. The number of aromatic hydroxyl groups is 1. The van der Waals surface area contributed by atoms with Crippen LogP contribution in [0.5, 0.6) is 5.75 Å². The molecule has 4 heteroatoms. The Bertz CT molecular complexity index is 410.